The molecule has 1 aliphatic carbocycles. The first-order chi connectivity index (χ1) is 19.5. The quantitative estimate of drug-likeness (QED) is 0.328. The lowest BCUT2D eigenvalue weighted by molar-refractivity contribution is 0.0148. The second-order valence-electron chi connectivity index (χ2n) is 12.4. The predicted molar refractivity (Wildman–Crippen MR) is 160 cm³/mol. The summed E-state index contributed by atoms with van der Waals surface area (Å²) in [6, 6.07) is 17.6. The van der Waals surface area contributed by atoms with Gasteiger partial charge in [0.25, 0.3) is 0 Å². The number of hydrogen-bond donors (Lipinski definition) is 0. The maximum atomic E-state index is 12.5. The summed E-state index contributed by atoms with van der Waals surface area (Å²) in [5, 5.41) is 13.9. The van der Waals surface area contributed by atoms with Gasteiger partial charge in [0, 0.05) is 56.2 Å². The Hall–Kier alpha value is -3.83. The molecule has 5 rings (SSSR count). The van der Waals surface area contributed by atoms with Gasteiger partial charge in [-0.05, 0) is 89.3 Å². The van der Waals surface area contributed by atoms with Gasteiger partial charge in [-0.1, -0.05) is 29.4 Å². The molecule has 0 radical (unpaired) electrons. The topological polar surface area (TPSA) is 85.8 Å². The van der Waals surface area contributed by atoms with Crippen LogP contribution in [0.3, 0.4) is 0 Å². The first kappa shape index (κ1) is 28.7. The van der Waals surface area contributed by atoms with Crippen LogP contribution in [0.2, 0.25) is 0 Å². The number of anilines is 2. The molecule has 1 saturated heterocycles. The molecular weight excluding hydrogens is 514 g/mol. The standard InChI is InChI=1S/C33H41N5O3/c1-23-7-8-26(30-24(2)35-41-25(30)3)21-29(23)38(28-11-9-27(10-12-28)33(22-34)13-14-33)20-17-36-15-18-37(19-16-36)31(39)40-32(4,5)6/h7-12,21H,13-20H2,1-6H3. The summed E-state index contributed by atoms with van der Waals surface area (Å²) in [5.41, 5.74) is 6.68. The summed E-state index contributed by atoms with van der Waals surface area (Å²) in [6.07, 6.45) is 1.62. The predicted octanol–water partition coefficient (Wildman–Crippen LogP) is 6.51. The van der Waals surface area contributed by atoms with Gasteiger partial charge in [0.15, 0.2) is 0 Å². The molecule has 1 saturated carbocycles. The van der Waals surface area contributed by atoms with Crippen molar-refractivity contribution in [2.45, 2.75) is 65.4 Å². The Kier molecular flexibility index (Phi) is 7.85. The Labute approximate surface area is 243 Å². The van der Waals surface area contributed by atoms with Gasteiger partial charge in [-0.2, -0.15) is 5.26 Å². The SMILES string of the molecule is Cc1ccc(-c2c(C)noc2C)cc1N(CCN1CCN(C(=O)OC(C)(C)C)CC1)c1ccc(C2(C#N)CC2)cc1. The number of nitrogens with zero attached hydrogens (tertiary/aromatic N) is 5. The van der Waals surface area contributed by atoms with E-state index in [0.717, 1.165) is 78.5 Å². The van der Waals surface area contributed by atoms with E-state index in [0.29, 0.717) is 13.1 Å². The summed E-state index contributed by atoms with van der Waals surface area (Å²) in [4.78, 5) is 19.1. The number of carbonyl (C=O) groups excluding carboxylic acids is 1. The van der Waals surface area contributed by atoms with Crippen LogP contribution >= 0.6 is 0 Å². The fraction of sp³-hybridized carbons (Fsp3) is 0.485. The number of aryl methyl sites for hydroxylation is 3. The molecule has 0 bridgehead atoms. The van der Waals surface area contributed by atoms with E-state index in [9.17, 15) is 10.1 Å². The van der Waals surface area contributed by atoms with Crippen LogP contribution in [0.1, 0.15) is 56.2 Å². The fourth-order valence-corrected chi connectivity index (χ4v) is 5.61. The lowest BCUT2D eigenvalue weighted by atomic mass is 9.97. The summed E-state index contributed by atoms with van der Waals surface area (Å²) >= 11 is 0. The number of piperazine rings is 1. The van der Waals surface area contributed by atoms with E-state index in [4.69, 9.17) is 9.26 Å². The van der Waals surface area contributed by atoms with Crippen molar-refractivity contribution < 1.29 is 14.1 Å². The summed E-state index contributed by atoms with van der Waals surface area (Å²) < 4.78 is 11.0. The molecule has 0 unspecified atom stereocenters. The van der Waals surface area contributed by atoms with Crippen molar-refractivity contribution in [2.75, 3.05) is 44.2 Å². The fourth-order valence-electron chi connectivity index (χ4n) is 5.61. The molecule has 41 heavy (non-hydrogen) atoms. The van der Waals surface area contributed by atoms with Crippen molar-refractivity contribution in [3.8, 4) is 17.2 Å². The van der Waals surface area contributed by atoms with Crippen molar-refractivity contribution in [1.82, 2.24) is 15.0 Å². The van der Waals surface area contributed by atoms with Crippen molar-refractivity contribution in [1.29, 1.82) is 5.26 Å². The van der Waals surface area contributed by atoms with Crippen LogP contribution in [0.5, 0.6) is 0 Å². The molecule has 0 N–H and O–H groups in total. The molecular formula is C33H41N5O3. The highest BCUT2D eigenvalue weighted by atomic mass is 16.6. The number of rotatable bonds is 7. The number of benzene rings is 2. The van der Waals surface area contributed by atoms with Crippen LogP contribution in [0.4, 0.5) is 16.2 Å². The van der Waals surface area contributed by atoms with E-state index >= 15 is 0 Å². The molecule has 0 spiro atoms. The van der Waals surface area contributed by atoms with Gasteiger partial charge in [-0.15, -0.1) is 0 Å². The molecule has 1 amide bonds. The van der Waals surface area contributed by atoms with E-state index in [-0.39, 0.29) is 11.5 Å². The first-order valence-corrected chi connectivity index (χ1v) is 14.5. The van der Waals surface area contributed by atoms with Crippen LogP contribution in [-0.2, 0) is 10.2 Å². The van der Waals surface area contributed by atoms with Crippen molar-refractivity contribution in [3.05, 3.63) is 65.0 Å². The Bertz CT molecular complexity index is 1420. The van der Waals surface area contributed by atoms with E-state index in [1.165, 1.54) is 5.56 Å². The molecule has 2 heterocycles. The highest BCUT2D eigenvalue weighted by Crippen LogP contribution is 2.48. The molecule has 1 aromatic heterocycles. The number of amides is 1. The summed E-state index contributed by atoms with van der Waals surface area (Å²) in [6.45, 7) is 16.3. The van der Waals surface area contributed by atoms with E-state index < -0.39 is 5.60 Å². The molecule has 3 aromatic rings. The van der Waals surface area contributed by atoms with Crippen molar-refractivity contribution in [2.24, 2.45) is 0 Å². The second-order valence-corrected chi connectivity index (χ2v) is 12.4. The van der Waals surface area contributed by atoms with Crippen molar-refractivity contribution in [3.63, 3.8) is 0 Å². The third-order valence-corrected chi connectivity index (χ3v) is 8.18. The molecule has 2 fully saturated rings. The van der Waals surface area contributed by atoms with Gasteiger partial charge in [0.2, 0.25) is 0 Å². The highest BCUT2D eigenvalue weighted by Gasteiger charge is 2.44. The van der Waals surface area contributed by atoms with E-state index in [1.54, 1.807) is 4.90 Å². The monoisotopic (exact) mass is 555 g/mol. The lowest BCUT2D eigenvalue weighted by Crippen LogP contribution is -2.51. The van der Waals surface area contributed by atoms with Crippen LogP contribution in [0, 0.1) is 32.1 Å². The van der Waals surface area contributed by atoms with Gasteiger partial charge in [0.05, 0.1) is 17.2 Å². The molecule has 2 aromatic carbocycles. The van der Waals surface area contributed by atoms with Crippen LogP contribution in [0.15, 0.2) is 47.0 Å². The molecule has 2 aliphatic rings. The van der Waals surface area contributed by atoms with E-state index in [2.05, 4.69) is 70.4 Å². The zero-order valence-electron chi connectivity index (χ0n) is 25.2. The van der Waals surface area contributed by atoms with Gasteiger partial charge in [-0.3, -0.25) is 4.90 Å². The number of nitriles is 1. The number of carbonyl (C=O) groups is 1. The number of ether oxygens (including phenoxy) is 1. The van der Waals surface area contributed by atoms with Crippen LogP contribution in [0.25, 0.3) is 11.1 Å². The van der Waals surface area contributed by atoms with Gasteiger partial charge < -0.3 is 19.1 Å². The third-order valence-electron chi connectivity index (χ3n) is 8.18. The smallest absolute Gasteiger partial charge is 0.410 e. The summed E-state index contributed by atoms with van der Waals surface area (Å²) in [7, 11) is 0. The Balaban J connectivity index is 1.38. The Morgan fingerprint density at radius 1 is 1.07 bits per heavy atom. The molecule has 8 nitrogen and oxygen atoms in total. The molecule has 216 valence electrons. The zero-order chi connectivity index (χ0) is 29.4. The number of aromatic nitrogens is 1. The number of hydrogen-bond acceptors (Lipinski definition) is 7. The zero-order valence-corrected chi connectivity index (χ0v) is 25.2. The van der Waals surface area contributed by atoms with Crippen molar-refractivity contribution >= 4 is 17.5 Å². The maximum Gasteiger partial charge on any atom is 0.410 e. The molecule has 1 aliphatic heterocycles. The van der Waals surface area contributed by atoms with Crippen LogP contribution in [-0.4, -0.2) is 65.9 Å². The van der Waals surface area contributed by atoms with E-state index in [1.807, 2.05) is 34.6 Å². The minimum atomic E-state index is -0.493. The van der Waals surface area contributed by atoms with Gasteiger partial charge >= 0.3 is 6.09 Å². The average Bonchev–Trinajstić information content (AvgIpc) is 3.67. The largest absolute Gasteiger partial charge is 0.444 e. The molecule has 0 atom stereocenters. The summed E-state index contributed by atoms with van der Waals surface area (Å²) in [5.74, 6) is 0.808. The second kappa shape index (κ2) is 11.2. The van der Waals surface area contributed by atoms with Gasteiger partial charge in [-0.25, -0.2) is 4.79 Å². The van der Waals surface area contributed by atoms with Crippen LogP contribution < -0.4 is 4.90 Å². The lowest BCUT2D eigenvalue weighted by Gasteiger charge is -2.37. The normalized spacial score (nSPS) is 16.8. The minimum absolute atomic E-state index is 0.239. The third kappa shape index (κ3) is 6.25. The first-order valence-electron chi connectivity index (χ1n) is 14.5. The van der Waals surface area contributed by atoms with Gasteiger partial charge in [0.1, 0.15) is 11.4 Å². The minimum Gasteiger partial charge on any atom is -0.444 e. The highest BCUT2D eigenvalue weighted by molar-refractivity contribution is 5.76. The molecule has 8 heteroatoms. The average molecular weight is 556 g/mol. The Morgan fingerprint density at radius 3 is 2.32 bits per heavy atom. The Morgan fingerprint density at radius 2 is 1.76 bits per heavy atom. The maximum absolute atomic E-state index is 12.5.